The van der Waals surface area contributed by atoms with Gasteiger partial charge in [0.15, 0.2) is 5.78 Å². The van der Waals surface area contributed by atoms with Crippen molar-refractivity contribution in [3.05, 3.63) is 106 Å². The highest BCUT2D eigenvalue weighted by atomic mass is 35.5. The monoisotopic (exact) mass is 418 g/mol. The summed E-state index contributed by atoms with van der Waals surface area (Å²) >= 11 is 6.04. The lowest BCUT2D eigenvalue weighted by molar-refractivity contribution is -0.116. The van der Waals surface area contributed by atoms with Crippen molar-refractivity contribution in [2.45, 2.75) is 24.8 Å². The molecule has 30 heavy (non-hydrogen) atoms. The quantitative estimate of drug-likeness (QED) is 0.501. The van der Waals surface area contributed by atoms with Crippen molar-refractivity contribution in [2.75, 3.05) is 10.6 Å². The first-order valence-electron chi connectivity index (χ1n) is 9.98. The van der Waals surface area contributed by atoms with Gasteiger partial charge in [0.1, 0.15) is 5.82 Å². The summed E-state index contributed by atoms with van der Waals surface area (Å²) in [6.07, 6.45) is 1.11. The zero-order chi connectivity index (χ0) is 20.7. The van der Waals surface area contributed by atoms with Crippen LogP contribution in [0.5, 0.6) is 0 Å². The fourth-order valence-corrected chi connectivity index (χ4v) is 4.53. The molecule has 0 bridgehead atoms. The minimum atomic E-state index is -0.412. The Morgan fingerprint density at radius 2 is 1.63 bits per heavy atom. The van der Waals surface area contributed by atoms with Crippen LogP contribution in [0.4, 0.5) is 15.8 Å². The number of benzene rings is 3. The first kappa shape index (κ1) is 18.9. The van der Waals surface area contributed by atoms with E-state index in [2.05, 4.69) is 10.6 Å². The topological polar surface area (TPSA) is 41.1 Å². The molecular formula is C25H20ClFN2O. The van der Waals surface area contributed by atoms with E-state index in [-0.39, 0.29) is 17.5 Å². The normalized spacial score (nSPS) is 20.5. The van der Waals surface area contributed by atoms with Crippen molar-refractivity contribution < 1.29 is 9.18 Å². The molecule has 1 heterocycles. The third-order valence-corrected chi connectivity index (χ3v) is 6.08. The summed E-state index contributed by atoms with van der Waals surface area (Å²) in [5, 5.41) is 7.64. The van der Waals surface area contributed by atoms with Crippen LogP contribution in [0.3, 0.4) is 0 Å². The Labute approximate surface area is 179 Å². The van der Waals surface area contributed by atoms with Crippen LogP contribution in [0.25, 0.3) is 0 Å². The van der Waals surface area contributed by atoms with Crippen LogP contribution >= 0.6 is 11.6 Å². The van der Waals surface area contributed by atoms with Crippen molar-refractivity contribution in [3.63, 3.8) is 0 Å². The van der Waals surface area contributed by atoms with Crippen molar-refractivity contribution in [2.24, 2.45) is 0 Å². The molecule has 0 saturated heterocycles. The standard InChI is InChI=1S/C25H20ClFN2O/c26-18-10-8-15(9-11-18)17-13-22-24(23(30)14-17)25(16-4-3-5-19(27)12-16)29-21-7-2-1-6-20(21)28-22/h1-12,17,25,28-29H,13-14H2/t17-,25-/m1/s1. The lowest BCUT2D eigenvalue weighted by Crippen LogP contribution is -2.26. The van der Waals surface area contributed by atoms with Gasteiger partial charge >= 0.3 is 0 Å². The summed E-state index contributed by atoms with van der Waals surface area (Å²) in [6, 6.07) is 21.6. The molecule has 0 aromatic heterocycles. The van der Waals surface area contributed by atoms with Gasteiger partial charge in [-0.1, -0.05) is 48.0 Å². The van der Waals surface area contributed by atoms with Crippen molar-refractivity contribution in [1.29, 1.82) is 0 Å². The van der Waals surface area contributed by atoms with Crippen LogP contribution < -0.4 is 10.6 Å². The summed E-state index contributed by atoms with van der Waals surface area (Å²) in [5.41, 5.74) is 5.19. The van der Waals surface area contributed by atoms with Gasteiger partial charge in [-0.25, -0.2) is 4.39 Å². The highest BCUT2D eigenvalue weighted by Gasteiger charge is 2.36. The number of hydrogen-bond donors (Lipinski definition) is 2. The van der Waals surface area contributed by atoms with Crippen LogP contribution in [-0.2, 0) is 4.79 Å². The predicted octanol–water partition coefficient (Wildman–Crippen LogP) is 6.46. The van der Waals surface area contributed by atoms with Crippen LogP contribution in [-0.4, -0.2) is 5.78 Å². The van der Waals surface area contributed by atoms with E-state index >= 15 is 0 Å². The lowest BCUT2D eigenvalue weighted by atomic mass is 9.78. The summed E-state index contributed by atoms with van der Waals surface area (Å²) in [7, 11) is 0. The maximum Gasteiger partial charge on any atom is 0.163 e. The molecule has 2 N–H and O–H groups in total. The third kappa shape index (κ3) is 3.48. The zero-order valence-electron chi connectivity index (χ0n) is 16.2. The molecule has 0 saturated carbocycles. The van der Waals surface area contributed by atoms with E-state index < -0.39 is 6.04 Å². The van der Waals surface area contributed by atoms with Crippen LogP contribution in [0.1, 0.15) is 35.9 Å². The molecule has 5 rings (SSSR count). The number of allylic oxidation sites excluding steroid dienone is 1. The molecule has 0 amide bonds. The molecule has 0 radical (unpaired) electrons. The van der Waals surface area contributed by atoms with Gasteiger partial charge in [-0.3, -0.25) is 4.79 Å². The maximum atomic E-state index is 14.0. The number of nitrogens with one attached hydrogen (secondary N) is 2. The Morgan fingerprint density at radius 3 is 2.40 bits per heavy atom. The molecule has 3 nitrogen and oxygen atoms in total. The molecule has 0 unspecified atom stereocenters. The van der Waals surface area contributed by atoms with Crippen molar-refractivity contribution in [3.8, 4) is 0 Å². The van der Waals surface area contributed by atoms with Gasteiger partial charge in [-0.05, 0) is 59.9 Å². The van der Waals surface area contributed by atoms with Gasteiger partial charge < -0.3 is 10.6 Å². The Morgan fingerprint density at radius 1 is 0.867 bits per heavy atom. The average molecular weight is 419 g/mol. The molecule has 0 fully saturated rings. The highest BCUT2D eigenvalue weighted by Crippen LogP contribution is 2.44. The fraction of sp³-hybridized carbons (Fsp3) is 0.160. The Hall–Kier alpha value is -3.11. The predicted molar refractivity (Wildman–Crippen MR) is 118 cm³/mol. The lowest BCUT2D eigenvalue weighted by Gasteiger charge is -2.30. The number of carbonyl (C=O) groups excluding carboxylic acids is 1. The maximum absolute atomic E-state index is 14.0. The Bertz CT molecular complexity index is 1160. The van der Waals surface area contributed by atoms with Crippen LogP contribution in [0.2, 0.25) is 5.02 Å². The fourth-order valence-electron chi connectivity index (χ4n) is 4.40. The summed E-state index contributed by atoms with van der Waals surface area (Å²) in [6.45, 7) is 0. The number of para-hydroxylation sites is 2. The molecule has 3 aromatic carbocycles. The smallest absolute Gasteiger partial charge is 0.163 e. The van der Waals surface area contributed by atoms with Crippen LogP contribution in [0, 0.1) is 5.82 Å². The van der Waals surface area contributed by atoms with Gasteiger partial charge in [-0.15, -0.1) is 0 Å². The van der Waals surface area contributed by atoms with E-state index in [9.17, 15) is 9.18 Å². The second-order valence-corrected chi connectivity index (χ2v) is 8.21. The molecule has 2 aliphatic rings. The van der Waals surface area contributed by atoms with Crippen LogP contribution in [0.15, 0.2) is 84.1 Å². The molecule has 0 spiro atoms. The first-order valence-corrected chi connectivity index (χ1v) is 10.4. The number of ketones is 1. The minimum absolute atomic E-state index is 0.0678. The summed E-state index contributed by atoms with van der Waals surface area (Å²) in [4.78, 5) is 13.4. The van der Waals surface area contributed by atoms with E-state index in [1.54, 1.807) is 6.07 Å². The van der Waals surface area contributed by atoms with Gasteiger partial charge in [0.05, 0.1) is 17.4 Å². The third-order valence-electron chi connectivity index (χ3n) is 5.83. The van der Waals surface area contributed by atoms with Crippen molar-refractivity contribution in [1.82, 2.24) is 0 Å². The van der Waals surface area contributed by atoms with E-state index in [4.69, 9.17) is 11.6 Å². The molecular weight excluding hydrogens is 399 g/mol. The van der Waals surface area contributed by atoms with Gasteiger partial charge in [0.25, 0.3) is 0 Å². The largest absolute Gasteiger partial charge is 0.372 e. The van der Waals surface area contributed by atoms with Gasteiger partial charge in [-0.2, -0.15) is 0 Å². The number of fused-ring (bicyclic) bond motifs is 1. The molecule has 1 aliphatic heterocycles. The Kier molecular flexibility index (Phi) is 4.80. The molecule has 1 aliphatic carbocycles. The number of halogens is 2. The summed E-state index contributed by atoms with van der Waals surface area (Å²) < 4.78 is 14.0. The molecule has 3 aromatic rings. The van der Waals surface area contributed by atoms with Gasteiger partial charge in [0.2, 0.25) is 0 Å². The van der Waals surface area contributed by atoms with E-state index in [0.29, 0.717) is 23.4 Å². The van der Waals surface area contributed by atoms with E-state index in [1.807, 2.05) is 54.6 Å². The Balaban J connectivity index is 1.61. The number of rotatable bonds is 2. The second-order valence-electron chi connectivity index (χ2n) is 7.78. The number of carbonyl (C=O) groups is 1. The SMILES string of the molecule is O=C1C[C@H](c2ccc(Cl)cc2)CC2=C1[C@@H](c1cccc(F)c1)Nc1ccccc1N2. The number of hydrogen-bond acceptors (Lipinski definition) is 3. The van der Waals surface area contributed by atoms with Gasteiger partial charge in [0, 0.05) is 22.7 Å². The summed E-state index contributed by atoms with van der Waals surface area (Å²) in [5.74, 6) is -0.179. The van der Waals surface area contributed by atoms with E-state index in [1.165, 1.54) is 12.1 Å². The van der Waals surface area contributed by atoms with Crippen molar-refractivity contribution >= 4 is 28.8 Å². The zero-order valence-corrected chi connectivity index (χ0v) is 16.9. The van der Waals surface area contributed by atoms with E-state index in [0.717, 1.165) is 28.2 Å². The number of anilines is 2. The highest BCUT2D eigenvalue weighted by molar-refractivity contribution is 6.30. The second kappa shape index (κ2) is 7.62. The average Bonchev–Trinajstić information content (AvgIpc) is 2.91. The molecule has 2 atom stereocenters. The number of Topliss-reactive ketones (excluding diaryl/α,β-unsaturated/α-hetero) is 1. The first-order chi connectivity index (χ1) is 14.6. The molecule has 5 heteroatoms. The molecule has 150 valence electrons. The minimum Gasteiger partial charge on any atom is -0.372 e.